The minimum Gasteiger partial charge on any atom is -0.329 e. The molecule has 0 saturated carbocycles. The Morgan fingerprint density at radius 2 is 2.20 bits per heavy atom. The first kappa shape index (κ1) is 9.86. The Morgan fingerprint density at radius 3 is 2.73 bits per heavy atom. The van der Waals surface area contributed by atoms with Crippen molar-refractivity contribution >= 4 is 0 Å². The first-order valence-corrected chi connectivity index (χ1v) is 4.87. The van der Waals surface area contributed by atoms with Crippen molar-refractivity contribution in [1.82, 2.24) is 14.5 Å². The standard InChI is InChI=1S/C11H14N4/c1-8-11(9-5-3-4-6-13-9)15(2)10(7-12)14-8/h3-6H,7,12H2,1-2H3. The Hall–Kier alpha value is -1.68. The lowest BCUT2D eigenvalue weighted by Crippen LogP contribution is -2.05. The molecule has 2 rings (SSSR count). The molecule has 0 atom stereocenters. The molecule has 0 aliphatic carbocycles. The lowest BCUT2D eigenvalue weighted by Gasteiger charge is -2.04. The van der Waals surface area contributed by atoms with Crippen LogP contribution in [0, 0.1) is 6.92 Å². The Bertz CT molecular complexity index is 459. The molecule has 0 unspecified atom stereocenters. The zero-order chi connectivity index (χ0) is 10.8. The highest BCUT2D eigenvalue weighted by molar-refractivity contribution is 5.58. The molecule has 15 heavy (non-hydrogen) atoms. The summed E-state index contributed by atoms with van der Waals surface area (Å²) in [4.78, 5) is 8.72. The Labute approximate surface area is 88.8 Å². The maximum Gasteiger partial charge on any atom is 0.123 e. The number of hydrogen-bond acceptors (Lipinski definition) is 3. The first-order chi connectivity index (χ1) is 7.24. The molecular formula is C11H14N4. The Balaban J connectivity index is 2.58. The van der Waals surface area contributed by atoms with Crippen LogP contribution in [0.3, 0.4) is 0 Å². The van der Waals surface area contributed by atoms with Gasteiger partial charge in [-0.15, -0.1) is 0 Å². The maximum absolute atomic E-state index is 5.61. The summed E-state index contributed by atoms with van der Waals surface area (Å²) in [5.41, 5.74) is 8.55. The van der Waals surface area contributed by atoms with Crippen molar-refractivity contribution in [3.8, 4) is 11.4 Å². The van der Waals surface area contributed by atoms with Crippen molar-refractivity contribution in [2.45, 2.75) is 13.5 Å². The van der Waals surface area contributed by atoms with E-state index >= 15 is 0 Å². The topological polar surface area (TPSA) is 56.7 Å². The highest BCUT2D eigenvalue weighted by atomic mass is 15.1. The number of nitrogens with two attached hydrogens (primary N) is 1. The van der Waals surface area contributed by atoms with Gasteiger partial charge in [-0.3, -0.25) is 4.98 Å². The third kappa shape index (κ3) is 1.64. The van der Waals surface area contributed by atoms with E-state index in [1.807, 2.05) is 36.7 Å². The van der Waals surface area contributed by atoms with E-state index in [-0.39, 0.29) is 0 Å². The van der Waals surface area contributed by atoms with Crippen molar-refractivity contribution in [3.05, 3.63) is 35.9 Å². The summed E-state index contributed by atoms with van der Waals surface area (Å²) >= 11 is 0. The molecule has 0 spiro atoms. The van der Waals surface area contributed by atoms with Crippen LogP contribution in [0.15, 0.2) is 24.4 Å². The molecule has 2 N–H and O–H groups in total. The highest BCUT2D eigenvalue weighted by Crippen LogP contribution is 2.21. The van der Waals surface area contributed by atoms with Crippen LogP contribution in [-0.4, -0.2) is 14.5 Å². The van der Waals surface area contributed by atoms with E-state index in [4.69, 9.17) is 5.73 Å². The molecule has 78 valence electrons. The summed E-state index contributed by atoms with van der Waals surface area (Å²) in [6.07, 6.45) is 1.78. The third-order valence-electron chi connectivity index (χ3n) is 2.45. The van der Waals surface area contributed by atoms with Crippen molar-refractivity contribution in [2.75, 3.05) is 0 Å². The predicted octanol–water partition coefficient (Wildman–Crippen LogP) is 1.25. The van der Waals surface area contributed by atoms with E-state index in [0.717, 1.165) is 22.9 Å². The predicted molar refractivity (Wildman–Crippen MR) is 59.1 cm³/mol. The fourth-order valence-corrected chi connectivity index (χ4v) is 1.74. The molecule has 0 saturated heterocycles. The smallest absolute Gasteiger partial charge is 0.123 e. The van der Waals surface area contributed by atoms with Gasteiger partial charge in [0.05, 0.1) is 23.6 Å². The van der Waals surface area contributed by atoms with Crippen LogP contribution < -0.4 is 5.73 Å². The highest BCUT2D eigenvalue weighted by Gasteiger charge is 2.12. The van der Waals surface area contributed by atoms with Gasteiger partial charge in [0.2, 0.25) is 0 Å². The van der Waals surface area contributed by atoms with Gasteiger partial charge in [-0.2, -0.15) is 0 Å². The second kappa shape index (κ2) is 3.82. The number of rotatable bonds is 2. The first-order valence-electron chi connectivity index (χ1n) is 4.87. The van der Waals surface area contributed by atoms with Gasteiger partial charge in [-0.25, -0.2) is 4.98 Å². The van der Waals surface area contributed by atoms with Gasteiger partial charge >= 0.3 is 0 Å². The van der Waals surface area contributed by atoms with Crippen molar-refractivity contribution < 1.29 is 0 Å². The summed E-state index contributed by atoms with van der Waals surface area (Å²) in [5.74, 6) is 0.883. The van der Waals surface area contributed by atoms with Gasteiger partial charge in [-0.1, -0.05) is 6.07 Å². The van der Waals surface area contributed by atoms with Gasteiger partial charge in [0, 0.05) is 13.2 Å². The van der Waals surface area contributed by atoms with Crippen LogP contribution in [0.4, 0.5) is 0 Å². The van der Waals surface area contributed by atoms with Gasteiger partial charge < -0.3 is 10.3 Å². The van der Waals surface area contributed by atoms with Crippen LogP contribution >= 0.6 is 0 Å². The SMILES string of the molecule is Cc1nc(CN)n(C)c1-c1ccccn1. The van der Waals surface area contributed by atoms with Crippen molar-refractivity contribution in [2.24, 2.45) is 12.8 Å². The average Bonchev–Trinajstić information content (AvgIpc) is 2.55. The number of hydrogen-bond donors (Lipinski definition) is 1. The maximum atomic E-state index is 5.61. The summed E-state index contributed by atoms with van der Waals surface area (Å²) in [5, 5.41) is 0. The fraction of sp³-hybridized carbons (Fsp3) is 0.273. The lowest BCUT2D eigenvalue weighted by molar-refractivity contribution is 0.797. The van der Waals surface area contributed by atoms with Crippen molar-refractivity contribution in [3.63, 3.8) is 0 Å². The molecule has 0 radical (unpaired) electrons. The average molecular weight is 202 g/mol. The van der Waals surface area contributed by atoms with Gasteiger partial charge in [0.15, 0.2) is 0 Å². The van der Waals surface area contributed by atoms with E-state index in [9.17, 15) is 0 Å². The van der Waals surface area contributed by atoms with Crippen LogP contribution in [0.2, 0.25) is 0 Å². The summed E-state index contributed by atoms with van der Waals surface area (Å²) < 4.78 is 2.00. The third-order valence-corrected chi connectivity index (χ3v) is 2.45. The molecule has 0 amide bonds. The quantitative estimate of drug-likeness (QED) is 0.797. The summed E-state index contributed by atoms with van der Waals surface area (Å²) in [6, 6.07) is 5.85. The fourth-order valence-electron chi connectivity index (χ4n) is 1.74. The number of nitrogens with zero attached hydrogens (tertiary/aromatic N) is 3. The van der Waals surface area contributed by atoms with E-state index in [1.54, 1.807) is 6.20 Å². The zero-order valence-electron chi connectivity index (χ0n) is 8.94. The second-order valence-electron chi connectivity index (χ2n) is 3.44. The molecular weight excluding hydrogens is 188 g/mol. The van der Waals surface area contributed by atoms with Crippen molar-refractivity contribution in [1.29, 1.82) is 0 Å². The number of imidazole rings is 1. The molecule has 2 aromatic heterocycles. The Kier molecular flexibility index (Phi) is 2.51. The van der Waals surface area contributed by atoms with E-state index in [1.165, 1.54) is 0 Å². The van der Waals surface area contributed by atoms with E-state index in [0.29, 0.717) is 6.54 Å². The number of aryl methyl sites for hydroxylation is 1. The van der Waals surface area contributed by atoms with Gasteiger partial charge in [-0.05, 0) is 19.1 Å². The Morgan fingerprint density at radius 1 is 1.40 bits per heavy atom. The number of pyridine rings is 1. The molecule has 0 fully saturated rings. The molecule has 0 aromatic carbocycles. The van der Waals surface area contributed by atoms with Gasteiger partial charge in [0.1, 0.15) is 5.82 Å². The second-order valence-corrected chi connectivity index (χ2v) is 3.44. The zero-order valence-corrected chi connectivity index (χ0v) is 8.94. The van der Waals surface area contributed by atoms with Gasteiger partial charge in [0.25, 0.3) is 0 Å². The van der Waals surface area contributed by atoms with Crippen LogP contribution in [-0.2, 0) is 13.6 Å². The lowest BCUT2D eigenvalue weighted by atomic mass is 10.2. The van der Waals surface area contributed by atoms with Crippen LogP contribution in [0.5, 0.6) is 0 Å². The van der Waals surface area contributed by atoms with E-state index < -0.39 is 0 Å². The van der Waals surface area contributed by atoms with E-state index in [2.05, 4.69) is 9.97 Å². The summed E-state index contributed by atoms with van der Waals surface area (Å²) in [7, 11) is 1.96. The molecule has 0 bridgehead atoms. The largest absolute Gasteiger partial charge is 0.329 e. The molecule has 0 aliphatic rings. The monoisotopic (exact) mass is 202 g/mol. The normalized spacial score (nSPS) is 10.6. The molecule has 4 nitrogen and oxygen atoms in total. The van der Waals surface area contributed by atoms with Crippen LogP contribution in [0.25, 0.3) is 11.4 Å². The molecule has 4 heteroatoms. The summed E-state index contributed by atoms with van der Waals surface area (Å²) in [6.45, 7) is 2.42. The molecule has 2 aromatic rings. The minimum atomic E-state index is 0.449. The number of aromatic nitrogens is 3. The molecule has 2 heterocycles. The molecule has 0 aliphatic heterocycles. The van der Waals surface area contributed by atoms with Crippen LogP contribution in [0.1, 0.15) is 11.5 Å². The minimum absolute atomic E-state index is 0.449.